The van der Waals surface area contributed by atoms with E-state index in [1.54, 1.807) is 0 Å². The van der Waals surface area contributed by atoms with Gasteiger partial charge in [0.2, 0.25) is 0 Å². The Labute approximate surface area is 162 Å². The van der Waals surface area contributed by atoms with Gasteiger partial charge in [-0.3, -0.25) is 0 Å². The van der Waals surface area contributed by atoms with Crippen LogP contribution in [0.15, 0.2) is 42.5 Å². The molecule has 2 aromatic rings. The first kappa shape index (κ1) is 18.7. The van der Waals surface area contributed by atoms with E-state index in [1.165, 1.54) is 16.7 Å². The van der Waals surface area contributed by atoms with E-state index in [0.717, 1.165) is 17.9 Å². The second kappa shape index (κ2) is 7.28. The zero-order valence-corrected chi connectivity index (χ0v) is 17.0. The molecule has 1 heterocycles. The van der Waals surface area contributed by atoms with Crippen molar-refractivity contribution in [3.05, 3.63) is 59.2 Å². The second-order valence-corrected chi connectivity index (χ2v) is 8.44. The fourth-order valence-electron chi connectivity index (χ4n) is 3.38. The predicted octanol–water partition coefficient (Wildman–Crippen LogP) is 5.71. The highest BCUT2D eigenvalue weighted by molar-refractivity contribution is 7.80. The Morgan fingerprint density at radius 1 is 1.15 bits per heavy atom. The largest absolute Gasteiger partial charge is 0.487 e. The van der Waals surface area contributed by atoms with E-state index in [9.17, 15) is 0 Å². The molecule has 0 bridgehead atoms. The summed E-state index contributed by atoms with van der Waals surface area (Å²) in [4.78, 5) is 0. The summed E-state index contributed by atoms with van der Waals surface area (Å²) in [6.07, 6.45) is 0.859. The minimum absolute atomic E-state index is 0.128. The third-order valence-electron chi connectivity index (χ3n) is 4.76. The average Bonchev–Trinajstić information content (AvgIpc) is 2.55. The first-order valence-electron chi connectivity index (χ1n) is 9.20. The monoisotopic (exact) mass is 368 g/mol. The summed E-state index contributed by atoms with van der Waals surface area (Å²) in [5.74, 6) is 1.46. The lowest BCUT2D eigenvalue weighted by Gasteiger charge is -2.38. The van der Waals surface area contributed by atoms with Gasteiger partial charge in [0.25, 0.3) is 0 Å². The Balaban J connectivity index is 1.73. The van der Waals surface area contributed by atoms with Gasteiger partial charge in [-0.2, -0.15) is 0 Å². The van der Waals surface area contributed by atoms with Crippen LogP contribution in [-0.4, -0.2) is 10.7 Å². The van der Waals surface area contributed by atoms with Crippen LogP contribution in [0.1, 0.15) is 62.8 Å². The molecule has 1 aliphatic heterocycles. The predicted molar refractivity (Wildman–Crippen MR) is 113 cm³/mol. The van der Waals surface area contributed by atoms with Gasteiger partial charge in [0.05, 0.1) is 6.04 Å². The highest BCUT2D eigenvalue weighted by atomic mass is 32.1. The van der Waals surface area contributed by atoms with Gasteiger partial charge in [-0.15, -0.1) is 0 Å². The fourth-order valence-corrected chi connectivity index (χ4v) is 3.64. The Kier molecular flexibility index (Phi) is 5.24. The number of hydrogen-bond donors (Lipinski definition) is 2. The summed E-state index contributed by atoms with van der Waals surface area (Å²) in [5.41, 5.74) is 4.49. The molecule has 0 aliphatic carbocycles. The zero-order chi connectivity index (χ0) is 18.9. The van der Waals surface area contributed by atoms with Gasteiger partial charge in [-0.25, -0.2) is 0 Å². The summed E-state index contributed by atoms with van der Waals surface area (Å²) in [6, 6.07) is 14.9. The van der Waals surface area contributed by atoms with Gasteiger partial charge in [-0.05, 0) is 62.7 Å². The molecule has 1 atom stereocenters. The maximum atomic E-state index is 6.14. The van der Waals surface area contributed by atoms with E-state index in [2.05, 4.69) is 87.7 Å². The van der Waals surface area contributed by atoms with Crippen molar-refractivity contribution >= 4 is 23.0 Å². The van der Waals surface area contributed by atoms with Crippen LogP contribution in [0.2, 0.25) is 0 Å². The molecule has 2 aromatic carbocycles. The maximum Gasteiger partial charge on any atom is 0.171 e. The van der Waals surface area contributed by atoms with Crippen molar-refractivity contribution in [1.29, 1.82) is 0 Å². The molecule has 0 saturated heterocycles. The summed E-state index contributed by atoms with van der Waals surface area (Å²) in [5, 5.41) is 7.43. The van der Waals surface area contributed by atoms with Crippen molar-refractivity contribution in [1.82, 2.24) is 5.32 Å². The Hall–Kier alpha value is -2.07. The van der Waals surface area contributed by atoms with Crippen molar-refractivity contribution < 1.29 is 4.74 Å². The van der Waals surface area contributed by atoms with Crippen LogP contribution >= 0.6 is 12.2 Å². The van der Waals surface area contributed by atoms with Crippen molar-refractivity contribution in [2.75, 3.05) is 5.32 Å². The van der Waals surface area contributed by atoms with Crippen molar-refractivity contribution in [2.24, 2.45) is 0 Å². The molecule has 3 nitrogen and oxygen atoms in total. The molecule has 2 N–H and O–H groups in total. The smallest absolute Gasteiger partial charge is 0.171 e. The van der Waals surface area contributed by atoms with Crippen LogP contribution in [0.3, 0.4) is 0 Å². The minimum atomic E-state index is -0.228. The number of thiocarbonyl (C=S) groups is 1. The normalized spacial score (nSPS) is 18.0. The third-order valence-corrected chi connectivity index (χ3v) is 4.98. The molecule has 1 aliphatic rings. The molecule has 3 rings (SSSR count). The molecule has 0 radical (unpaired) electrons. The van der Waals surface area contributed by atoms with E-state index in [4.69, 9.17) is 17.0 Å². The topological polar surface area (TPSA) is 33.3 Å². The van der Waals surface area contributed by atoms with E-state index in [1.807, 2.05) is 0 Å². The summed E-state index contributed by atoms with van der Waals surface area (Å²) in [7, 11) is 0. The van der Waals surface area contributed by atoms with Crippen molar-refractivity contribution in [3.8, 4) is 5.75 Å². The van der Waals surface area contributed by atoms with Crippen LogP contribution < -0.4 is 15.4 Å². The molecule has 138 valence electrons. The third kappa shape index (κ3) is 4.36. The lowest BCUT2D eigenvalue weighted by Crippen LogP contribution is -2.42. The number of nitrogens with one attached hydrogen (secondary N) is 2. The number of fused-ring (bicyclic) bond motifs is 1. The molecule has 0 aromatic heterocycles. The molecule has 0 amide bonds. The highest BCUT2D eigenvalue weighted by Crippen LogP contribution is 2.39. The van der Waals surface area contributed by atoms with Gasteiger partial charge in [-0.1, -0.05) is 43.7 Å². The summed E-state index contributed by atoms with van der Waals surface area (Å²) in [6.45, 7) is 10.7. The number of anilines is 1. The van der Waals surface area contributed by atoms with Gasteiger partial charge >= 0.3 is 0 Å². The van der Waals surface area contributed by atoms with E-state index in [-0.39, 0.29) is 11.6 Å². The number of hydrogen-bond acceptors (Lipinski definition) is 2. The maximum absolute atomic E-state index is 6.14. The van der Waals surface area contributed by atoms with Crippen LogP contribution in [0, 0.1) is 6.92 Å². The number of aryl methyl sites for hydroxylation is 1. The van der Waals surface area contributed by atoms with E-state index in [0.29, 0.717) is 11.0 Å². The molecular formula is C22H28N2OS. The first-order valence-corrected chi connectivity index (χ1v) is 9.61. The zero-order valence-electron chi connectivity index (χ0n) is 16.2. The summed E-state index contributed by atoms with van der Waals surface area (Å²) < 4.78 is 6.14. The van der Waals surface area contributed by atoms with Gasteiger partial charge in [0.1, 0.15) is 11.4 Å². The summed E-state index contributed by atoms with van der Waals surface area (Å²) >= 11 is 5.58. The molecular weight excluding hydrogens is 340 g/mol. The number of ether oxygens (including phenoxy) is 1. The molecule has 4 heteroatoms. The van der Waals surface area contributed by atoms with Crippen LogP contribution in [0.25, 0.3) is 0 Å². The molecule has 0 saturated carbocycles. The molecule has 26 heavy (non-hydrogen) atoms. The van der Waals surface area contributed by atoms with Crippen LogP contribution in [0.4, 0.5) is 5.69 Å². The van der Waals surface area contributed by atoms with Gasteiger partial charge in [0.15, 0.2) is 5.11 Å². The fraction of sp³-hybridized carbons (Fsp3) is 0.409. The Bertz CT molecular complexity index is 796. The van der Waals surface area contributed by atoms with E-state index < -0.39 is 0 Å². The highest BCUT2D eigenvalue weighted by Gasteiger charge is 2.34. The van der Waals surface area contributed by atoms with E-state index >= 15 is 0 Å². The minimum Gasteiger partial charge on any atom is -0.487 e. The quantitative estimate of drug-likeness (QED) is 0.680. The SMILES string of the molecule is Cc1ccc2c(c1)C(NC(=S)Nc1ccc(C(C)C)cc1)CC(C)(C)O2. The number of rotatable bonds is 3. The molecule has 1 unspecified atom stereocenters. The molecule has 0 spiro atoms. The average molecular weight is 369 g/mol. The van der Waals surface area contributed by atoms with Crippen LogP contribution in [-0.2, 0) is 0 Å². The standard InChI is InChI=1S/C22H28N2OS/c1-14(2)16-7-9-17(10-8-16)23-21(26)24-19-13-22(4,5)25-20-11-6-15(3)12-18(19)20/h6-12,14,19H,13H2,1-5H3,(H2,23,24,26). The second-order valence-electron chi connectivity index (χ2n) is 8.03. The molecule has 0 fully saturated rings. The van der Waals surface area contributed by atoms with Gasteiger partial charge < -0.3 is 15.4 Å². The van der Waals surface area contributed by atoms with Crippen molar-refractivity contribution in [3.63, 3.8) is 0 Å². The Morgan fingerprint density at radius 2 is 1.85 bits per heavy atom. The van der Waals surface area contributed by atoms with Crippen LogP contribution in [0.5, 0.6) is 5.75 Å². The first-order chi connectivity index (χ1) is 12.2. The number of benzene rings is 2. The van der Waals surface area contributed by atoms with Gasteiger partial charge in [0, 0.05) is 17.7 Å². The lowest BCUT2D eigenvalue weighted by atomic mass is 9.89. The lowest BCUT2D eigenvalue weighted by molar-refractivity contribution is 0.0696. The van der Waals surface area contributed by atoms with Crippen molar-refractivity contribution in [2.45, 2.75) is 58.6 Å². The Morgan fingerprint density at radius 3 is 2.50 bits per heavy atom.